The summed E-state index contributed by atoms with van der Waals surface area (Å²) in [5, 5.41) is 19.2. The number of allylic oxidation sites excluding steroid dienone is 4. The van der Waals surface area contributed by atoms with Crippen LogP contribution in [-0.4, -0.2) is 22.3 Å². The van der Waals surface area contributed by atoms with Crippen LogP contribution in [0.4, 0.5) is 0 Å². The molecule has 1 aromatic carbocycles. The van der Waals surface area contributed by atoms with Crippen molar-refractivity contribution in [1.29, 1.82) is 0 Å². The Balaban J connectivity index is 1.82. The third-order valence-corrected chi connectivity index (χ3v) is 5.99. The van der Waals surface area contributed by atoms with Crippen molar-refractivity contribution >= 4 is 5.97 Å². The highest BCUT2D eigenvalue weighted by molar-refractivity contribution is 5.66. The third kappa shape index (κ3) is 7.63. The first-order valence-electron chi connectivity index (χ1n) is 10.7. The van der Waals surface area contributed by atoms with E-state index < -0.39 is 5.97 Å². The molecule has 1 aliphatic rings. The second kappa shape index (κ2) is 11.9. The van der Waals surface area contributed by atoms with E-state index >= 15 is 0 Å². The normalized spacial score (nSPS) is 26.2. The number of carboxylic acid groups (broad SMARTS) is 1. The number of benzene rings is 1. The summed E-state index contributed by atoms with van der Waals surface area (Å²) in [5.41, 5.74) is 1.39. The van der Waals surface area contributed by atoms with E-state index in [1.54, 1.807) is 0 Å². The van der Waals surface area contributed by atoms with Crippen molar-refractivity contribution < 1.29 is 15.0 Å². The number of aryl methyl sites for hydroxylation is 1. The minimum absolute atomic E-state index is 0.222. The monoisotopic (exact) mass is 384 g/mol. The van der Waals surface area contributed by atoms with Crippen LogP contribution >= 0.6 is 0 Å². The van der Waals surface area contributed by atoms with Gasteiger partial charge >= 0.3 is 5.97 Å². The summed E-state index contributed by atoms with van der Waals surface area (Å²) >= 11 is 0. The van der Waals surface area contributed by atoms with Gasteiger partial charge in [-0.2, -0.15) is 0 Å². The number of hydrogen-bond donors (Lipinski definition) is 2. The lowest BCUT2D eigenvalue weighted by Crippen LogP contribution is -2.18. The summed E-state index contributed by atoms with van der Waals surface area (Å²) in [6.07, 6.45) is 14.3. The molecule has 2 rings (SSSR count). The number of aliphatic carboxylic acids is 1. The molecule has 0 spiro atoms. The Kier molecular flexibility index (Phi) is 9.49. The van der Waals surface area contributed by atoms with Gasteiger partial charge in [-0.05, 0) is 67.8 Å². The van der Waals surface area contributed by atoms with Crippen LogP contribution in [0.15, 0.2) is 54.6 Å². The Bertz CT molecular complexity index is 634. The van der Waals surface area contributed by atoms with E-state index in [1.807, 2.05) is 0 Å². The zero-order chi connectivity index (χ0) is 20.4. The van der Waals surface area contributed by atoms with Gasteiger partial charge in [-0.1, -0.05) is 68.5 Å². The van der Waals surface area contributed by atoms with Crippen molar-refractivity contribution in [3.05, 3.63) is 60.2 Å². The number of hydrogen-bond acceptors (Lipinski definition) is 2. The second-order valence-electron chi connectivity index (χ2n) is 8.40. The van der Waals surface area contributed by atoms with Crippen molar-refractivity contribution in [2.75, 3.05) is 0 Å². The fraction of sp³-hybridized carbons (Fsp3) is 0.560. The van der Waals surface area contributed by atoms with E-state index in [0.717, 1.165) is 32.1 Å². The van der Waals surface area contributed by atoms with Gasteiger partial charge in [0.25, 0.3) is 0 Å². The summed E-state index contributed by atoms with van der Waals surface area (Å²) in [4.78, 5) is 10.6. The SMILES string of the molecule is CC(/C=C/[C@H]1C(C)CC(O)C1C/C=C\CCCC(=O)O)CCc1ccccc1. The standard InChI is InChI=1S/C25H36O3/c1-19(14-16-21-10-6-5-7-11-21)15-17-22-20(2)18-24(26)23(22)12-8-3-4-9-13-25(27)28/h3,5-8,10-11,15,17,19-20,22-24,26H,4,9,12-14,16,18H2,1-2H3,(H,27,28)/b8-3-,17-15+/t19?,20?,22-,23?,24?/m0/s1. The Morgan fingerprint density at radius 3 is 2.71 bits per heavy atom. The van der Waals surface area contributed by atoms with Crippen molar-refractivity contribution in [2.45, 2.75) is 64.9 Å². The highest BCUT2D eigenvalue weighted by atomic mass is 16.4. The van der Waals surface area contributed by atoms with Crippen molar-refractivity contribution in [1.82, 2.24) is 0 Å². The average molecular weight is 385 g/mol. The Labute approximate surface area is 170 Å². The number of aliphatic hydroxyl groups excluding tert-OH is 1. The molecule has 0 bridgehead atoms. The molecule has 2 N–H and O–H groups in total. The van der Waals surface area contributed by atoms with Crippen LogP contribution < -0.4 is 0 Å². The van der Waals surface area contributed by atoms with Crippen LogP contribution in [0.5, 0.6) is 0 Å². The maximum atomic E-state index is 10.6. The topological polar surface area (TPSA) is 57.5 Å². The lowest BCUT2D eigenvalue weighted by atomic mass is 9.86. The van der Waals surface area contributed by atoms with Crippen LogP contribution in [0.2, 0.25) is 0 Å². The molecule has 4 unspecified atom stereocenters. The van der Waals surface area contributed by atoms with Gasteiger partial charge < -0.3 is 10.2 Å². The Morgan fingerprint density at radius 2 is 2.00 bits per heavy atom. The molecule has 0 amide bonds. The van der Waals surface area contributed by atoms with E-state index in [9.17, 15) is 9.90 Å². The number of carboxylic acids is 1. The Hall–Kier alpha value is -1.87. The smallest absolute Gasteiger partial charge is 0.303 e. The van der Waals surface area contributed by atoms with Crippen LogP contribution in [-0.2, 0) is 11.2 Å². The van der Waals surface area contributed by atoms with Crippen molar-refractivity contribution in [3.8, 4) is 0 Å². The maximum Gasteiger partial charge on any atom is 0.303 e. The predicted octanol–water partition coefficient (Wildman–Crippen LogP) is 5.65. The lowest BCUT2D eigenvalue weighted by Gasteiger charge is -2.20. The van der Waals surface area contributed by atoms with Gasteiger partial charge in [-0.25, -0.2) is 0 Å². The summed E-state index contributed by atoms with van der Waals surface area (Å²) in [6, 6.07) is 10.6. The van der Waals surface area contributed by atoms with E-state index in [0.29, 0.717) is 24.2 Å². The van der Waals surface area contributed by atoms with Gasteiger partial charge in [0, 0.05) is 6.42 Å². The van der Waals surface area contributed by atoms with Gasteiger partial charge in [-0.15, -0.1) is 0 Å². The Morgan fingerprint density at radius 1 is 1.25 bits per heavy atom. The molecule has 28 heavy (non-hydrogen) atoms. The first kappa shape index (κ1) is 22.4. The predicted molar refractivity (Wildman–Crippen MR) is 115 cm³/mol. The molecule has 0 radical (unpaired) electrons. The van der Waals surface area contributed by atoms with Crippen molar-refractivity contribution in [2.24, 2.45) is 23.7 Å². The highest BCUT2D eigenvalue weighted by Crippen LogP contribution is 2.40. The number of aliphatic hydroxyl groups is 1. The molecule has 1 aliphatic carbocycles. The maximum absolute atomic E-state index is 10.6. The third-order valence-electron chi connectivity index (χ3n) is 5.99. The molecular weight excluding hydrogens is 348 g/mol. The summed E-state index contributed by atoms with van der Waals surface area (Å²) in [6.45, 7) is 4.51. The molecule has 1 aromatic rings. The van der Waals surface area contributed by atoms with Gasteiger partial charge in [0.1, 0.15) is 0 Å². The second-order valence-corrected chi connectivity index (χ2v) is 8.40. The molecule has 0 heterocycles. The van der Waals surface area contributed by atoms with Crippen LogP contribution in [0.25, 0.3) is 0 Å². The lowest BCUT2D eigenvalue weighted by molar-refractivity contribution is -0.137. The molecule has 1 fully saturated rings. The quantitative estimate of drug-likeness (QED) is 0.383. The summed E-state index contributed by atoms with van der Waals surface area (Å²) in [7, 11) is 0. The molecular formula is C25H36O3. The van der Waals surface area contributed by atoms with Crippen LogP contribution in [0.1, 0.15) is 57.9 Å². The van der Waals surface area contributed by atoms with E-state index in [1.165, 1.54) is 5.56 Å². The van der Waals surface area contributed by atoms with E-state index in [4.69, 9.17) is 5.11 Å². The number of carbonyl (C=O) groups is 1. The van der Waals surface area contributed by atoms with Crippen molar-refractivity contribution in [3.63, 3.8) is 0 Å². The fourth-order valence-electron chi connectivity index (χ4n) is 4.23. The van der Waals surface area contributed by atoms with Gasteiger partial charge in [-0.3, -0.25) is 4.79 Å². The molecule has 0 saturated heterocycles. The molecule has 1 saturated carbocycles. The minimum Gasteiger partial charge on any atom is -0.481 e. The minimum atomic E-state index is -0.736. The van der Waals surface area contributed by atoms with Gasteiger partial charge in [0.05, 0.1) is 6.10 Å². The average Bonchev–Trinajstić information content (AvgIpc) is 2.94. The first-order valence-corrected chi connectivity index (χ1v) is 10.7. The molecule has 0 aliphatic heterocycles. The van der Waals surface area contributed by atoms with Gasteiger partial charge in [0.15, 0.2) is 0 Å². The first-order chi connectivity index (χ1) is 13.5. The molecule has 154 valence electrons. The highest BCUT2D eigenvalue weighted by Gasteiger charge is 2.37. The molecule has 3 heteroatoms. The molecule has 3 nitrogen and oxygen atoms in total. The van der Waals surface area contributed by atoms with E-state index in [-0.39, 0.29) is 18.4 Å². The van der Waals surface area contributed by atoms with E-state index in [2.05, 4.69) is 68.5 Å². The molecule has 5 atom stereocenters. The number of unbranched alkanes of at least 4 members (excludes halogenated alkanes) is 1. The largest absolute Gasteiger partial charge is 0.481 e. The fourth-order valence-corrected chi connectivity index (χ4v) is 4.23. The van der Waals surface area contributed by atoms with Crippen LogP contribution in [0, 0.1) is 23.7 Å². The zero-order valence-corrected chi connectivity index (χ0v) is 17.3. The molecule has 0 aromatic heterocycles. The van der Waals surface area contributed by atoms with Crippen LogP contribution in [0.3, 0.4) is 0 Å². The van der Waals surface area contributed by atoms with Gasteiger partial charge in [0.2, 0.25) is 0 Å². The summed E-state index contributed by atoms with van der Waals surface area (Å²) in [5.74, 6) is 0.969. The summed E-state index contributed by atoms with van der Waals surface area (Å²) < 4.78 is 0. The number of rotatable bonds is 11. The zero-order valence-electron chi connectivity index (χ0n) is 17.3.